The Hall–Kier alpha value is -4.72. The maximum atomic E-state index is 14.6. The predicted molar refractivity (Wildman–Crippen MR) is 134 cm³/mol. The molecule has 1 fully saturated rings. The number of hydrogen-bond donors (Lipinski definition) is 2. The Morgan fingerprint density at radius 3 is 2.71 bits per heavy atom. The number of fused-ring (bicyclic) bond motifs is 3. The first-order chi connectivity index (χ1) is 18.5. The highest BCUT2D eigenvalue weighted by atomic mass is 19.1. The summed E-state index contributed by atoms with van der Waals surface area (Å²) < 4.78 is 28.5. The van der Waals surface area contributed by atoms with Crippen LogP contribution in [0.15, 0.2) is 47.3 Å². The van der Waals surface area contributed by atoms with Crippen molar-refractivity contribution in [1.82, 2.24) is 34.0 Å². The van der Waals surface area contributed by atoms with Crippen molar-refractivity contribution < 1.29 is 23.4 Å². The molecule has 38 heavy (non-hydrogen) atoms. The number of rotatable bonds is 8. The topological polar surface area (TPSA) is 153 Å². The molecule has 0 atom stereocenters. The van der Waals surface area contributed by atoms with E-state index in [1.807, 2.05) is 9.47 Å². The predicted octanol–water partition coefficient (Wildman–Crippen LogP) is 1.74. The highest BCUT2D eigenvalue weighted by molar-refractivity contribution is 5.87. The largest absolute Gasteiger partial charge is 0.482 e. The van der Waals surface area contributed by atoms with Crippen LogP contribution in [0.25, 0.3) is 28.4 Å². The van der Waals surface area contributed by atoms with Gasteiger partial charge in [-0.15, -0.1) is 5.10 Å². The van der Waals surface area contributed by atoms with Crippen LogP contribution in [0, 0.1) is 5.82 Å². The summed E-state index contributed by atoms with van der Waals surface area (Å²) in [5, 5.41) is 13.1. The van der Waals surface area contributed by atoms with Crippen LogP contribution in [0.1, 0.15) is 0 Å². The molecule has 1 aliphatic rings. The number of carbonyl (C=O) groups is 1. The van der Waals surface area contributed by atoms with E-state index in [0.717, 1.165) is 19.6 Å². The van der Waals surface area contributed by atoms with E-state index in [1.54, 1.807) is 36.9 Å². The second-order valence-electron chi connectivity index (χ2n) is 8.85. The van der Waals surface area contributed by atoms with Gasteiger partial charge in [0.1, 0.15) is 11.6 Å². The minimum atomic E-state index is -1.11. The second-order valence-corrected chi connectivity index (χ2v) is 8.85. The van der Waals surface area contributed by atoms with E-state index in [2.05, 4.69) is 25.0 Å². The Bertz CT molecular complexity index is 1610. The lowest BCUT2D eigenvalue weighted by atomic mass is 10.2. The van der Waals surface area contributed by atoms with Crippen LogP contribution in [0.2, 0.25) is 0 Å². The summed E-state index contributed by atoms with van der Waals surface area (Å²) in [6.45, 7) is 3.68. The zero-order valence-corrected chi connectivity index (χ0v) is 20.2. The molecule has 196 valence electrons. The monoisotopic (exact) mass is 521 g/mol. The van der Waals surface area contributed by atoms with Crippen molar-refractivity contribution in [3.63, 3.8) is 0 Å². The van der Waals surface area contributed by atoms with Crippen molar-refractivity contribution in [1.29, 1.82) is 0 Å². The van der Waals surface area contributed by atoms with Crippen LogP contribution in [0.4, 0.5) is 16.0 Å². The number of carboxylic acids is 1. The fraction of sp³-hybridized carbons (Fsp3) is 0.292. The van der Waals surface area contributed by atoms with E-state index < -0.39 is 18.4 Å². The normalized spacial score (nSPS) is 14.5. The number of ether oxygens (including phenoxy) is 1. The number of piperazine rings is 1. The zero-order valence-electron chi connectivity index (χ0n) is 20.2. The number of halogens is 1. The number of imidazole rings is 1. The molecule has 0 aliphatic carbocycles. The second kappa shape index (κ2) is 9.63. The summed E-state index contributed by atoms with van der Waals surface area (Å²) >= 11 is 0. The molecule has 0 unspecified atom stereocenters. The Kier molecular flexibility index (Phi) is 5.99. The summed E-state index contributed by atoms with van der Waals surface area (Å²) in [5.41, 5.74) is 8.38. The smallest absolute Gasteiger partial charge is 0.341 e. The standard InChI is InChI=1S/C24H24FN9O4/c25-16-12-15(38-13-19(35)36)3-4-17(16)32-8-5-31(6-9-32)7-10-33-14-27-20-22(33)29-24(26)34-23(20)28-21(30-34)18-2-1-11-37-18/h1-4,11-12,14H,5-10,13H2,(H2,26,29)(H,35,36). The molecule has 6 rings (SSSR count). The zero-order chi connectivity index (χ0) is 26.2. The lowest BCUT2D eigenvalue weighted by Gasteiger charge is -2.36. The summed E-state index contributed by atoms with van der Waals surface area (Å²) in [7, 11) is 0. The summed E-state index contributed by atoms with van der Waals surface area (Å²) in [5.74, 6) is -0.224. The molecule has 0 spiro atoms. The van der Waals surface area contributed by atoms with Gasteiger partial charge >= 0.3 is 5.97 Å². The number of benzene rings is 1. The summed E-state index contributed by atoms with van der Waals surface area (Å²) in [4.78, 5) is 28.5. The van der Waals surface area contributed by atoms with Gasteiger partial charge in [-0.05, 0) is 24.3 Å². The third-order valence-electron chi connectivity index (χ3n) is 6.46. The number of hydrogen-bond acceptors (Lipinski definition) is 10. The van der Waals surface area contributed by atoms with Crippen molar-refractivity contribution in [2.45, 2.75) is 6.54 Å². The van der Waals surface area contributed by atoms with Gasteiger partial charge in [0.15, 0.2) is 29.2 Å². The van der Waals surface area contributed by atoms with Gasteiger partial charge in [-0.1, -0.05) is 0 Å². The van der Waals surface area contributed by atoms with Crippen molar-refractivity contribution >= 4 is 34.4 Å². The average Bonchev–Trinajstić information content (AvgIpc) is 3.66. The molecule has 1 aliphatic heterocycles. The number of anilines is 2. The number of nitrogen functional groups attached to an aromatic ring is 1. The fourth-order valence-electron chi connectivity index (χ4n) is 4.55. The molecular formula is C24H24FN9O4. The lowest BCUT2D eigenvalue weighted by Crippen LogP contribution is -2.47. The van der Waals surface area contributed by atoms with Crippen molar-refractivity contribution in [2.24, 2.45) is 0 Å². The highest BCUT2D eigenvalue weighted by Crippen LogP contribution is 2.26. The first kappa shape index (κ1) is 23.7. The minimum absolute atomic E-state index is 0.190. The van der Waals surface area contributed by atoms with Crippen LogP contribution < -0.4 is 15.4 Å². The SMILES string of the molecule is Nc1nc2c(ncn2CCN2CCN(c3ccc(OCC(=O)O)cc3F)CC2)c2nc(-c3ccco3)nn12. The Balaban J connectivity index is 1.10. The number of aliphatic carboxylic acids is 1. The van der Waals surface area contributed by atoms with Gasteiger partial charge in [0.25, 0.3) is 0 Å². The van der Waals surface area contributed by atoms with Crippen LogP contribution in [0.5, 0.6) is 5.75 Å². The molecule has 14 heteroatoms. The third-order valence-corrected chi connectivity index (χ3v) is 6.46. The Morgan fingerprint density at radius 1 is 1.13 bits per heavy atom. The summed E-state index contributed by atoms with van der Waals surface area (Å²) in [6.07, 6.45) is 3.27. The third kappa shape index (κ3) is 4.45. The molecular weight excluding hydrogens is 497 g/mol. The molecule has 5 heterocycles. The van der Waals surface area contributed by atoms with Crippen molar-refractivity contribution in [3.05, 3.63) is 48.7 Å². The molecule has 0 saturated carbocycles. The summed E-state index contributed by atoms with van der Waals surface area (Å²) in [6, 6.07) is 7.96. The molecule has 0 radical (unpaired) electrons. The minimum Gasteiger partial charge on any atom is -0.482 e. The molecule has 5 aromatic rings. The van der Waals surface area contributed by atoms with E-state index in [9.17, 15) is 9.18 Å². The van der Waals surface area contributed by atoms with Crippen LogP contribution in [0.3, 0.4) is 0 Å². The average molecular weight is 522 g/mol. The van der Waals surface area contributed by atoms with Gasteiger partial charge in [-0.25, -0.2) is 19.2 Å². The number of nitrogens with zero attached hydrogens (tertiary/aromatic N) is 8. The van der Waals surface area contributed by atoms with E-state index in [1.165, 1.54) is 10.6 Å². The number of aromatic nitrogens is 6. The molecule has 1 aromatic carbocycles. The first-order valence-electron chi connectivity index (χ1n) is 12.0. The van der Waals surface area contributed by atoms with E-state index in [0.29, 0.717) is 53.7 Å². The van der Waals surface area contributed by atoms with Gasteiger partial charge in [0, 0.05) is 45.3 Å². The van der Waals surface area contributed by atoms with Gasteiger partial charge in [0.05, 0.1) is 18.3 Å². The molecule has 0 bridgehead atoms. The Labute approximate surface area is 214 Å². The first-order valence-corrected chi connectivity index (χ1v) is 12.0. The maximum absolute atomic E-state index is 14.6. The van der Waals surface area contributed by atoms with Gasteiger partial charge in [-0.2, -0.15) is 9.50 Å². The molecule has 4 aromatic heterocycles. The number of nitrogens with two attached hydrogens (primary N) is 1. The molecule has 1 saturated heterocycles. The fourth-order valence-corrected chi connectivity index (χ4v) is 4.55. The number of carboxylic acid groups (broad SMARTS) is 1. The van der Waals surface area contributed by atoms with Gasteiger partial charge in [-0.3, -0.25) is 4.90 Å². The lowest BCUT2D eigenvalue weighted by molar-refractivity contribution is -0.139. The quantitative estimate of drug-likeness (QED) is 0.307. The maximum Gasteiger partial charge on any atom is 0.341 e. The van der Waals surface area contributed by atoms with Gasteiger partial charge in [0.2, 0.25) is 11.8 Å². The highest BCUT2D eigenvalue weighted by Gasteiger charge is 2.21. The Morgan fingerprint density at radius 2 is 1.97 bits per heavy atom. The van der Waals surface area contributed by atoms with Crippen LogP contribution in [-0.4, -0.2) is 84.4 Å². The molecule has 0 amide bonds. The van der Waals surface area contributed by atoms with Crippen LogP contribution >= 0.6 is 0 Å². The van der Waals surface area contributed by atoms with E-state index in [4.69, 9.17) is 20.0 Å². The van der Waals surface area contributed by atoms with Crippen molar-refractivity contribution in [3.8, 4) is 17.3 Å². The van der Waals surface area contributed by atoms with Crippen molar-refractivity contribution in [2.75, 3.05) is 50.0 Å². The van der Waals surface area contributed by atoms with E-state index >= 15 is 0 Å². The van der Waals surface area contributed by atoms with Gasteiger partial charge < -0.3 is 29.5 Å². The molecule has 3 N–H and O–H groups in total. The van der Waals surface area contributed by atoms with E-state index in [-0.39, 0.29) is 11.7 Å². The number of furan rings is 1. The van der Waals surface area contributed by atoms with Crippen LogP contribution in [-0.2, 0) is 11.3 Å². The molecule has 13 nitrogen and oxygen atoms in total.